The number of hydrogen-bond acceptors (Lipinski definition) is 2. The van der Waals surface area contributed by atoms with Crippen molar-refractivity contribution in [3.8, 4) is 0 Å². The minimum absolute atomic E-state index is 0.817. The van der Waals surface area contributed by atoms with E-state index in [1.165, 1.54) is 11.1 Å². The number of anilines is 1. The quantitative estimate of drug-likeness (QED) is 0.836. The summed E-state index contributed by atoms with van der Waals surface area (Å²) in [5.41, 5.74) is 2.50. The lowest BCUT2D eigenvalue weighted by Crippen LogP contribution is -2.02. The molecule has 14 heavy (non-hydrogen) atoms. The van der Waals surface area contributed by atoms with Gasteiger partial charge in [0.25, 0.3) is 0 Å². The van der Waals surface area contributed by atoms with Crippen molar-refractivity contribution in [2.24, 2.45) is 0 Å². The van der Waals surface area contributed by atoms with Crippen molar-refractivity contribution in [2.45, 2.75) is 20.8 Å². The summed E-state index contributed by atoms with van der Waals surface area (Å²) in [6.45, 7) is 7.04. The molecule has 0 aliphatic rings. The molecule has 0 aromatic carbocycles. The average molecular weight is 255 g/mol. The van der Waals surface area contributed by atoms with Crippen molar-refractivity contribution in [1.29, 1.82) is 0 Å². The van der Waals surface area contributed by atoms with Gasteiger partial charge in [0.1, 0.15) is 5.82 Å². The van der Waals surface area contributed by atoms with Crippen LogP contribution in [-0.4, -0.2) is 11.5 Å². The molecule has 0 fully saturated rings. The largest absolute Gasteiger partial charge is 0.366 e. The van der Waals surface area contributed by atoms with Gasteiger partial charge in [-0.15, -0.1) is 0 Å². The van der Waals surface area contributed by atoms with E-state index in [-0.39, 0.29) is 0 Å². The Hall–Kier alpha value is -0.830. The summed E-state index contributed by atoms with van der Waals surface area (Å²) >= 11 is 3.50. The molecule has 0 radical (unpaired) electrons. The molecular weight excluding hydrogens is 240 g/mol. The third kappa shape index (κ3) is 3.14. The van der Waals surface area contributed by atoms with Crippen molar-refractivity contribution in [2.75, 3.05) is 11.9 Å². The van der Waals surface area contributed by atoms with E-state index in [0.717, 1.165) is 16.8 Å². The van der Waals surface area contributed by atoms with Gasteiger partial charge in [-0.1, -0.05) is 11.6 Å². The molecule has 0 saturated carbocycles. The van der Waals surface area contributed by atoms with Crippen LogP contribution in [0.15, 0.2) is 28.4 Å². The number of halogens is 1. The minimum atomic E-state index is 0.817. The predicted molar refractivity (Wildman–Crippen MR) is 64.6 cm³/mol. The highest BCUT2D eigenvalue weighted by atomic mass is 79.9. The van der Waals surface area contributed by atoms with E-state index in [0.29, 0.717) is 0 Å². The topological polar surface area (TPSA) is 24.9 Å². The first-order valence-electron chi connectivity index (χ1n) is 4.59. The molecule has 1 aromatic rings. The van der Waals surface area contributed by atoms with Crippen LogP contribution in [0.1, 0.15) is 19.4 Å². The van der Waals surface area contributed by atoms with Crippen LogP contribution < -0.4 is 5.32 Å². The van der Waals surface area contributed by atoms with Gasteiger partial charge in [-0.3, -0.25) is 0 Å². The van der Waals surface area contributed by atoms with Gasteiger partial charge in [0.15, 0.2) is 0 Å². The fourth-order valence-corrected chi connectivity index (χ4v) is 1.39. The Balaban J connectivity index is 2.68. The Morgan fingerprint density at radius 3 is 2.93 bits per heavy atom. The van der Waals surface area contributed by atoms with Crippen LogP contribution in [0.4, 0.5) is 5.82 Å². The van der Waals surface area contributed by atoms with E-state index in [9.17, 15) is 0 Å². The van der Waals surface area contributed by atoms with Crippen molar-refractivity contribution in [3.63, 3.8) is 0 Å². The van der Waals surface area contributed by atoms with E-state index in [1.54, 1.807) is 0 Å². The lowest BCUT2D eigenvalue weighted by atomic mass is 10.3. The molecule has 3 heteroatoms. The minimum Gasteiger partial charge on any atom is -0.366 e. The standard InChI is InChI=1S/C11H15BrN2/c1-8(2)4-6-13-11-10(12)9(3)5-7-14-11/h4-5,7H,6H2,1-3H3,(H,13,14). The van der Waals surface area contributed by atoms with Crippen molar-refractivity contribution >= 4 is 21.7 Å². The summed E-state index contributed by atoms with van der Waals surface area (Å²) < 4.78 is 1.04. The maximum atomic E-state index is 4.25. The zero-order chi connectivity index (χ0) is 10.6. The molecule has 0 unspecified atom stereocenters. The first-order chi connectivity index (χ1) is 6.61. The van der Waals surface area contributed by atoms with Gasteiger partial charge in [0.2, 0.25) is 0 Å². The summed E-state index contributed by atoms with van der Waals surface area (Å²) in [6.07, 6.45) is 3.95. The van der Waals surface area contributed by atoms with Crippen molar-refractivity contribution in [1.82, 2.24) is 4.98 Å². The van der Waals surface area contributed by atoms with Crippen LogP contribution in [0.2, 0.25) is 0 Å². The zero-order valence-electron chi connectivity index (χ0n) is 8.76. The van der Waals surface area contributed by atoms with E-state index in [1.807, 2.05) is 12.3 Å². The molecule has 0 bridgehead atoms. The molecule has 1 N–H and O–H groups in total. The molecule has 1 heterocycles. The Labute approximate surface area is 93.6 Å². The Morgan fingerprint density at radius 1 is 1.57 bits per heavy atom. The van der Waals surface area contributed by atoms with Gasteiger partial charge in [0.05, 0.1) is 4.47 Å². The van der Waals surface area contributed by atoms with Crippen LogP contribution in [-0.2, 0) is 0 Å². The van der Waals surface area contributed by atoms with E-state index >= 15 is 0 Å². The second-order valence-corrected chi connectivity index (χ2v) is 4.25. The predicted octanol–water partition coefficient (Wildman–Crippen LogP) is 3.53. The molecular formula is C11H15BrN2. The summed E-state index contributed by atoms with van der Waals surface area (Å²) in [4.78, 5) is 4.25. The van der Waals surface area contributed by atoms with Crippen LogP contribution in [0.3, 0.4) is 0 Å². The molecule has 0 atom stereocenters. The van der Waals surface area contributed by atoms with E-state index < -0.39 is 0 Å². The van der Waals surface area contributed by atoms with E-state index in [4.69, 9.17) is 0 Å². The lowest BCUT2D eigenvalue weighted by Gasteiger charge is -2.06. The number of allylic oxidation sites excluding steroid dienone is 1. The summed E-state index contributed by atoms with van der Waals surface area (Å²) in [5.74, 6) is 0.905. The second kappa shape index (κ2) is 5.15. The molecule has 0 aliphatic heterocycles. The van der Waals surface area contributed by atoms with E-state index in [2.05, 4.69) is 53.1 Å². The van der Waals surface area contributed by atoms with Crippen LogP contribution >= 0.6 is 15.9 Å². The highest BCUT2D eigenvalue weighted by Crippen LogP contribution is 2.22. The maximum Gasteiger partial charge on any atom is 0.140 e. The van der Waals surface area contributed by atoms with Crippen molar-refractivity contribution < 1.29 is 0 Å². The normalized spacial score (nSPS) is 9.71. The summed E-state index contributed by atoms with van der Waals surface area (Å²) in [6, 6.07) is 1.98. The van der Waals surface area contributed by atoms with Gasteiger partial charge >= 0.3 is 0 Å². The maximum absolute atomic E-state index is 4.25. The number of aryl methyl sites for hydroxylation is 1. The molecule has 76 valence electrons. The monoisotopic (exact) mass is 254 g/mol. The first-order valence-corrected chi connectivity index (χ1v) is 5.39. The van der Waals surface area contributed by atoms with Crippen LogP contribution in [0.25, 0.3) is 0 Å². The fourth-order valence-electron chi connectivity index (χ4n) is 1.02. The van der Waals surface area contributed by atoms with Crippen LogP contribution in [0, 0.1) is 6.92 Å². The first kappa shape index (κ1) is 11.2. The van der Waals surface area contributed by atoms with Gasteiger partial charge < -0.3 is 5.32 Å². The third-order valence-electron chi connectivity index (χ3n) is 1.86. The zero-order valence-corrected chi connectivity index (χ0v) is 10.4. The Bertz CT molecular complexity index is 341. The smallest absolute Gasteiger partial charge is 0.140 e. The molecule has 0 aliphatic carbocycles. The molecule has 0 saturated heterocycles. The van der Waals surface area contributed by atoms with Crippen LogP contribution in [0.5, 0.6) is 0 Å². The number of nitrogens with one attached hydrogen (secondary N) is 1. The molecule has 0 amide bonds. The molecule has 1 rings (SSSR count). The Morgan fingerprint density at radius 2 is 2.29 bits per heavy atom. The highest BCUT2D eigenvalue weighted by molar-refractivity contribution is 9.10. The highest BCUT2D eigenvalue weighted by Gasteiger charge is 2.01. The van der Waals surface area contributed by atoms with Gasteiger partial charge in [0, 0.05) is 12.7 Å². The number of hydrogen-bond donors (Lipinski definition) is 1. The van der Waals surface area contributed by atoms with Gasteiger partial charge in [-0.05, 0) is 48.3 Å². The lowest BCUT2D eigenvalue weighted by molar-refractivity contribution is 1.18. The number of nitrogens with zero attached hydrogens (tertiary/aromatic N) is 1. The number of pyridine rings is 1. The van der Waals surface area contributed by atoms with Crippen molar-refractivity contribution in [3.05, 3.63) is 33.9 Å². The summed E-state index contributed by atoms with van der Waals surface area (Å²) in [7, 11) is 0. The average Bonchev–Trinajstić information content (AvgIpc) is 2.12. The van der Waals surface area contributed by atoms with Gasteiger partial charge in [-0.2, -0.15) is 0 Å². The SMILES string of the molecule is CC(C)=CCNc1nccc(C)c1Br. The van der Waals surface area contributed by atoms with Gasteiger partial charge in [-0.25, -0.2) is 4.98 Å². The number of rotatable bonds is 3. The molecule has 2 nitrogen and oxygen atoms in total. The number of aromatic nitrogens is 1. The Kier molecular flexibility index (Phi) is 4.14. The third-order valence-corrected chi connectivity index (χ3v) is 2.86. The fraction of sp³-hybridized carbons (Fsp3) is 0.364. The summed E-state index contributed by atoms with van der Waals surface area (Å²) in [5, 5.41) is 3.25. The second-order valence-electron chi connectivity index (χ2n) is 3.45. The molecule has 0 spiro atoms. The molecule has 1 aromatic heterocycles.